The maximum Gasteiger partial charge on any atom is 0.493 e. The van der Waals surface area contributed by atoms with Crippen LogP contribution in [-0.4, -0.2) is 39.1 Å². The lowest BCUT2D eigenvalue weighted by molar-refractivity contribution is -0.0962. The fourth-order valence-corrected chi connectivity index (χ4v) is 3.06. The Labute approximate surface area is 142 Å². The summed E-state index contributed by atoms with van der Waals surface area (Å²) in [6, 6.07) is 1.59. The Morgan fingerprint density at radius 2 is 2.21 bits per heavy atom. The summed E-state index contributed by atoms with van der Waals surface area (Å²) in [6.07, 6.45) is 3.82. The molecule has 1 aromatic carbocycles. The molecule has 1 aromatic heterocycles. The van der Waals surface area contributed by atoms with Crippen molar-refractivity contribution in [2.24, 2.45) is 0 Å². The van der Waals surface area contributed by atoms with Crippen LogP contribution in [0.3, 0.4) is 0 Å². The minimum absolute atomic E-state index is 0.201. The maximum atomic E-state index is 13.1. The third-order valence-electron chi connectivity index (χ3n) is 3.98. The van der Waals surface area contributed by atoms with Crippen molar-refractivity contribution in [3.63, 3.8) is 0 Å². The molecule has 2 heterocycles. The van der Waals surface area contributed by atoms with Gasteiger partial charge in [0.2, 0.25) is 0 Å². The Kier molecular flexibility index (Phi) is 4.70. The molecule has 1 unspecified atom stereocenters. The van der Waals surface area contributed by atoms with Crippen LogP contribution >= 0.6 is 11.6 Å². The number of benzene rings is 1. The van der Waals surface area contributed by atoms with E-state index in [-0.39, 0.29) is 23.0 Å². The topological polar surface area (TPSA) is 76.7 Å². The molecular weight excluding hydrogens is 344 g/mol. The van der Waals surface area contributed by atoms with Gasteiger partial charge in [-0.3, -0.25) is 0 Å². The van der Waals surface area contributed by atoms with Gasteiger partial charge in [0.25, 0.3) is 0 Å². The maximum absolute atomic E-state index is 13.1. The first-order valence-corrected chi connectivity index (χ1v) is 7.90. The zero-order valence-electron chi connectivity index (χ0n) is 12.9. The lowest BCUT2D eigenvalue weighted by atomic mass is 9.76. The van der Waals surface area contributed by atoms with Crippen molar-refractivity contribution in [3.8, 4) is 5.75 Å². The number of hydrogen-bond donors (Lipinski definition) is 2. The van der Waals surface area contributed by atoms with Crippen LogP contribution < -0.4 is 10.2 Å². The Bertz CT molecular complexity index is 744. The number of hydrogen-bond acceptors (Lipinski definition) is 5. The largest absolute Gasteiger partial charge is 0.493 e. The second-order valence-electron chi connectivity index (χ2n) is 5.70. The van der Waals surface area contributed by atoms with E-state index in [1.807, 2.05) is 0 Å². The van der Waals surface area contributed by atoms with Crippen molar-refractivity contribution >= 4 is 35.1 Å². The van der Waals surface area contributed by atoms with Gasteiger partial charge in [-0.25, -0.2) is 4.68 Å². The summed E-state index contributed by atoms with van der Waals surface area (Å²) in [5.41, 5.74) is -3.34. The highest BCUT2D eigenvalue weighted by atomic mass is 35.5. The van der Waals surface area contributed by atoms with Gasteiger partial charge in [0.1, 0.15) is 5.75 Å². The first-order chi connectivity index (χ1) is 11.3. The second-order valence-corrected chi connectivity index (χ2v) is 6.14. The summed E-state index contributed by atoms with van der Waals surface area (Å²) >= 11 is 4.83. The molecule has 24 heavy (non-hydrogen) atoms. The molecule has 1 aliphatic rings. The minimum Gasteiger partial charge on any atom is -0.423 e. The monoisotopic (exact) mass is 360 g/mol. The number of aryl methyl sites for hydroxylation is 1. The molecule has 0 spiro atoms. The SMILES string of the molecule is Cc1cc2c(cnn2C2CCCCO2)c(B(O)O)c1OC(F)(F)Cl. The highest BCUT2D eigenvalue weighted by Crippen LogP contribution is 2.32. The van der Waals surface area contributed by atoms with E-state index >= 15 is 0 Å². The first-order valence-electron chi connectivity index (χ1n) is 7.52. The molecule has 130 valence electrons. The molecule has 1 fully saturated rings. The van der Waals surface area contributed by atoms with Crippen molar-refractivity contribution in [1.29, 1.82) is 0 Å². The lowest BCUT2D eigenvalue weighted by Crippen LogP contribution is -2.34. The van der Waals surface area contributed by atoms with Crippen LogP contribution in [0.15, 0.2) is 12.3 Å². The Balaban J connectivity index is 2.15. The van der Waals surface area contributed by atoms with Crippen LogP contribution in [0.4, 0.5) is 8.78 Å². The summed E-state index contributed by atoms with van der Waals surface area (Å²) in [6.45, 7) is 2.13. The minimum atomic E-state index is -3.97. The van der Waals surface area contributed by atoms with E-state index in [2.05, 4.69) is 9.84 Å². The summed E-state index contributed by atoms with van der Waals surface area (Å²) in [5, 5.41) is 23.9. The van der Waals surface area contributed by atoms with Crippen molar-refractivity contribution < 1.29 is 28.3 Å². The van der Waals surface area contributed by atoms with Gasteiger partial charge in [-0.1, -0.05) is 0 Å². The van der Waals surface area contributed by atoms with Gasteiger partial charge in [-0.05, 0) is 37.8 Å². The summed E-state index contributed by atoms with van der Waals surface area (Å²) in [5.74, 6) is -0.374. The molecule has 6 nitrogen and oxygen atoms in total. The average Bonchev–Trinajstić information content (AvgIpc) is 2.90. The molecule has 0 radical (unpaired) electrons. The zero-order chi connectivity index (χ0) is 17.5. The highest BCUT2D eigenvalue weighted by Gasteiger charge is 2.34. The number of fused-ring (bicyclic) bond motifs is 1. The van der Waals surface area contributed by atoms with E-state index in [4.69, 9.17) is 16.3 Å². The predicted molar refractivity (Wildman–Crippen MR) is 84.6 cm³/mol. The van der Waals surface area contributed by atoms with Crippen LogP contribution in [0.5, 0.6) is 5.75 Å². The normalized spacial score (nSPS) is 18.8. The number of aromatic nitrogens is 2. The Morgan fingerprint density at radius 1 is 1.46 bits per heavy atom. The molecule has 0 aliphatic carbocycles. The van der Waals surface area contributed by atoms with E-state index in [1.54, 1.807) is 10.7 Å². The molecule has 2 aromatic rings. The molecule has 1 saturated heterocycles. The van der Waals surface area contributed by atoms with Gasteiger partial charge in [-0.15, -0.1) is 8.78 Å². The third-order valence-corrected chi connectivity index (χ3v) is 4.06. The van der Waals surface area contributed by atoms with E-state index in [9.17, 15) is 18.8 Å². The molecule has 3 rings (SSSR count). The van der Waals surface area contributed by atoms with Crippen LogP contribution in [0.25, 0.3) is 10.9 Å². The van der Waals surface area contributed by atoms with E-state index in [1.165, 1.54) is 13.1 Å². The highest BCUT2D eigenvalue weighted by molar-refractivity contribution is 6.63. The summed E-state index contributed by atoms with van der Waals surface area (Å²) < 4.78 is 37.9. The van der Waals surface area contributed by atoms with Crippen LogP contribution in [0.1, 0.15) is 31.1 Å². The van der Waals surface area contributed by atoms with Gasteiger partial charge < -0.3 is 19.5 Å². The molecule has 0 bridgehead atoms. The van der Waals surface area contributed by atoms with E-state index in [0.717, 1.165) is 19.3 Å². The van der Waals surface area contributed by atoms with Crippen molar-refractivity contribution in [2.75, 3.05) is 6.61 Å². The number of nitrogens with zero attached hydrogens (tertiary/aromatic N) is 2. The Hall–Kier alpha value is -1.42. The van der Waals surface area contributed by atoms with Gasteiger partial charge >= 0.3 is 12.7 Å². The summed E-state index contributed by atoms with van der Waals surface area (Å²) in [4.78, 5) is 0. The van der Waals surface area contributed by atoms with E-state index < -0.39 is 12.7 Å². The fourth-order valence-electron chi connectivity index (χ4n) is 2.98. The molecule has 1 aliphatic heterocycles. The smallest absolute Gasteiger partial charge is 0.423 e. The van der Waals surface area contributed by atoms with Crippen molar-refractivity contribution in [2.45, 2.75) is 38.0 Å². The number of alkyl halides is 3. The average molecular weight is 361 g/mol. The molecule has 1 atom stereocenters. The molecule has 10 heteroatoms. The number of rotatable bonds is 4. The molecule has 0 amide bonds. The second kappa shape index (κ2) is 6.47. The molecule has 2 N–H and O–H groups in total. The van der Waals surface area contributed by atoms with Crippen LogP contribution in [0, 0.1) is 6.92 Å². The fraction of sp³-hybridized carbons (Fsp3) is 0.500. The molecular formula is C14H16BClF2N2O4. The Morgan fingerprint density at radius 3 is 2.79 bits per heavy atom. The van der Waals surface area contributed by atoms with Crippen LogP contribution in [0.2, 0.25) is 0 Å². The standard InChI is InChI=1S/C14H16BClF2N2O4/c1-8-6-10-9(7-19-20(10)11-4-2-3-5-23-11)12(15(21)22)13(8)24-14(16,17)18/h6-7,11,21-22H,2-5H2,1H3. The first kappa shape index (κ1) is 17.4. The number of ether oxygens (including phenoxy) is 2. The van der Waals surface area contributed by atoms with Crippen molar-refractivity contribution in [3.05, 3.63) is 17.8 Å². The van der Waals surface area contributed by atoms with Crippen LogP contribution in [-0.2, 0) is 4.74 Å². The van der Waals surface area contributed by atoms with Gasteiger partial charge in [0, 0.05) is 29.1 Å². The lowest BCUT2D eigenvalue weighted by Gasteiger charge is -2.24. The summed E-state index contributed by atoms with van der Waals surface area (Å²) in [7, 11) is -2.02. The molecule has 0 saturated carbocycles. The van der Waals surface area contributed by atoms with Crippen molar-refractivity contribution in [1.82, 2.24) is 9.78 Å². The van der Waals surface area contributed by atoms with Gasteiger partial charge in [0.15, 0.2) is 6.23 Å². The quantitative estimate of drug-likeness (QED) is 0.643. The number of halogens is 3. The predicted octanol–water partition coefficient (Wildman–Crippen LogP) is 1.89. The van der Waals surface area contributed by atoms with E-state index in [0.29, 0.717) is 17.5 Å². The van der Waals surface area contributed by atoms with Gasteiger partial charge in [-0.2, -0.15) is 5.10 Å². The van der Waals surface area contributed by atoms with Gasteiger partial charge in [0.05, 0.1) is 11.7 Å². The third kappa shape index (κ3) is 3.34. The zero-order valence-corrected chi connectivity index (χ0v) is 13.6.